The van der Waals surface area contributed by atoms with Crippen LogP contribution in [0.3, 0.4) is 0 Å². The van der Waals surface area contributed by atoms with E-state index in [9.17, 15) is 18.0 Å². The Morgan fingerprint density at radius 3 is 1.66 bits per heavy atom. The molecule has 0 saturated heterocycles. The molecule has 0 radical (unpaired) electrons. The number of hydrogen-bond acceptors (Lipinski definition) is 12. The number of nitrogens with one attached hydrogen (secondary N) is 2. The zero-order valence-corrected chi connectivity index (χ0v) is 27.2. The van der Waals surface area contributed by atoms with Crippen LogP contribution in [0.2, 0.25) is 0 Å². The van der Waals surface area contributed by atoms with Crippen molar-refractivity contribution in [3.8, 4) is 0 Å². The van der Waals surface area contributed by atoms with Crippen molar-refractivity contribution < 1.29 is 26.4 Å². The first-order valence-electron chi connectivity index (χ1n) is 13.6. The second kappa shape index (κ2) is 15.3. The number of aryl methyl sites for hydroxylation is 1. The topological polar surface area (TPSA) is 178 Å². The standard InChI is InChI=1S/C28H30N6O4S3.O2S/c1-17-6-8-18(9-7-17)14-23(35)29-27-33-31-25(39-27)20-4-3-5-21(16-20)26-32-34-28(40-26)30-24(36)15-19-10-12-22(13-11-19)41(2,37)38;1-3-2/h6-13,20-21H,3-5,14-16H2,1-2H3,(H,29,33,35)(H,30,34,36);/t20-,21-;/m0./s1. The van der Waals surface area contributed by atoms with E-state index in [1.165, 1.54) is 34.8 Å². The first-order valence-corrected chi connectivity index (χ1v) is 17.8. The zero-order chi connectivity index (χ0) is 31.7. The maximum absolute atomic E-state index is 12.5. The van der Waals surface area contributed by atoms with E-state index in [-0.39, 0.29) is 41.4 Å². The molecule has 1 fully saturated rings. The van der Waals surface area contributed by atoms with E-state index >= 15 is 0 Å². The molecule has 2 aromatic carbocycles. The molecule has 0 spiro atoms. The van der Waals surface area contributed by atoms with Crippen LogP contribution in [-0.4, -0.2) is 55.3 Å². The smallest absolute Gasteiger partial charge is 0.300 e. The van der Waals surface area contributed by atoms with E-state index in [2.05, 4.69) is 31.0 Å². The number of amides is 2. The normalized spacial score (nSPS) is 16.3. The lowest BCUT2D eigenvalue weighted by Gasteiger charge is -2.25. The first kappa shape index (κ1) is 33.2. The van der Waals surface area contributed by atoms with Crippen LogP contribution in [0.5, 0.6) is 0 Å². The molecule has 1 aliphatic carbocycles. The van der Waals surface area contributed by atoms with Gasteiger partial charge < -0.3 is 10.6 Å². The zero-order valence-electron chi connectivity index (χ0n) is 23.9. The fourth-order valence-corrected chi connectivity index (χ4v) is 7.24. The molecule has 4 aromatic rings. The SMILES string of the molecule is Cc1ccc(CC(=O)Nc2nnc([C@H]3CCC[C@H](c4nnc(NC(=O)Cc5ccc(S(C)(=O)=O)cc5)s4)C3)s2)cc1.O=S=O. The Kier molecular flexibility index (Phi) is 11.5. The van der Waals surface area contributed by atoms with Gasteiger partial charge in [-0.25, -0.2) is 8.42 Å². The second-order valence-corrected chi connectivity index (χ2v) is 14.5. The van der Waals surface area contributed by atoms with Gasteiger partial charge in [0.2, 0.25) is 22.1 Å². The number of aromatic nitrogens is 4. The van der Waals surface area contributed by atoms with Crippen molar-refractivity contribution >= 4 is 66.2 Å². The monoisotopic (exact) mass is 674 g/mol. The molecule has 232 valence electrons. The third-order valence-corrected chi connectivity index (χ3v) is 10.1. The summed E-state index contributed by atoms with van der Waals surface area (Å²) in [4.78, 5) is 25.2. The van der Waals surface area contributed by atoms with E-state index in [0.29, 0.717) is 15.8 Å². The lowest BCUT2D eigenvalue weighted by molar-refractivity contribution is -0.116. The third-order valence-electron chi connectivity index (χ3n) is 6.95. The van der Waals surface area contributed by atoms with Gasteiger partial charge in [-0.3, -0.25) is 9.59 Å². The number of rotatable bonds is 9. The van der Waals surface area contributed by atoms with Gasteiger partial charge in [0.05, 0.1) is 17.7 Å². The average molecular weight is 675 g/mol. The maximum Gasteiger partial charge on any atom is 0.335 e. The van der Waals surface area contributed by atoms with Gasteiger partial charge in [-0.15, -0.1) is 20.4 Å². The molecule has 2 amide bonds. The fourth-order valence-electron chi connectivity index (χ4n) is 4.80. The molecule has 5 rings (SSSR count). The van der Waals surface area contributed by atoms with Crippen LogP contribution in [0.15, 0.2) is 53.4 Å². The predicted molar refractivity (Wildman–Crippen MR) is 168 cm³/mol. The summed E-state index contributed by atoms with van der Waals surface area (Å²) < 4.78 is 39.8. The van der Waals surface area contributed by atoms with Crippen molar-refractivity contribution in [2.24, 2.45) is 0 Å². The average Bonchev–Trinajstić information content (AvgIpc) is 3.64. The second-order valence-electron chi connectivity index (χ2n) is 10.4. The summed E-state index contributed by atoms with van der Waals surface area (Å²) in [6.45, 7) is 2.01. The molecule has 2 atom stereocenters. The maximum atomic E-state index is 12.5. The molecule has 0 aliphatic heterocycles. The van der Waals surface area contributed by atoms with Crippen molar-refractivity contribution in [1.29, 1.82) is 0 Å². The summed E-state index contributed by atoms with van der Waals surface area (Å²) in [5.41, 5.74) is 2.81. The summed E-state index contributed by atoms with van der Waals surface area (Å²) in [6, 6.07) is 14.2. The highest BCUT2D eigenvalue weighted by atomic mass is 32.2. The van der Waals surface area contributed by atoms with Gasteiger partial charge >= 0.3 is 11.6 Å². The Morgan fingerprint density at radius 2 is 1.23 bits per heavy atom. The Labute approximate surface area is 266 Å². The van der Waals surface area contributed by atoms with Crippen molar-refractivity contribution in [1.82, 2.24) is 20.4 Å². The summed E-state index contributed by atoms with van der Waals surface area (Å²) in [6.07, 6.45) is 5.36. The first-order chi connectivity index (χ1) is 21.0. The molecule has 2 N–H and O–H groups in total. The summed E-state index contributed by atoms with van der Waals surface area (Å²) in [7, 11) is -3.28. The Bertz CT molecular complexity index is 1730. The van der Waals surface area contributed by atoms with E-state index in [1.807, 2.05) is 31.2 Å². The molecule has 0 bridgehead atoms. The van der Waals surface area contributed by atoms with Crippen LogP contribution in [0.1, 0.15) is 64.2 Å². The van der Waals surface area contributed by atoms with Gasteiger partial charge in [-0.2, -0.15) is 8.42 Å². The van der Waals surface area contributed by atoms with E-state index in [4.69, 9.17) is 8.42 Å². The summed E-state index contributed by atoms with van der Waals surface area (Å²) >= 11 is 2.04. The highest BCUT2D eigenvalue weighted by molar-refractivity contribution is 7.90. The van der Waals surface area contributed by atoms with E-state index in [1.54, 1.807) is 12.1 Å². The van der Waals surface area contributed by atoms with E-state index < -0.39 is 21.4 Å². The predicted octanol–water partition coefficient (Wildman–Crippen LogP) is 4.24. The molecule has 16 heteroatoms. The minimum absolute atomic E-state index is 0.103. The van der Waals surface area contributed by atoms with Crippen molar-refractivity contribution in [2.75, 3.05) is 16.9 Å². The number of carbonyl (C=O) groups is 2. The van der Waals surface area contributed by atoms with Gasteiger partial charge in [0.25, 0.3) is 0 Å². The minimum atomic E-state index is -3.28. The van der Waals surface area contributed by atoms with Crippen LogP contribution in [0, 0.1) is 6.92 Å². The molecule has 2 heterocycles. The fraction of sp³-hybridized carbons (Fsp3) is 0.357. The minimum Gasteiger partial charge on any atom is -0.300 e. The molecular formula is C28H30N6O6S4. The van der Waals surface area contributed by atoms with E-state index in [0.717, 1.165) is 53.1 Å². The number of benzene rings is 2. The van der Waals surface area contributed by atoms with Gasteiger partial charge in [-0.05, 0) is 49.4 Å². The number of nitrogens with zero attached hydrogens (tertiary/aromatic N) is 4. The number of carbonyl (C=O) groups excluding carboxylic acids is 2. The van der Waals surface area contributed by atoms with Crippen LogP contribution in [-0.2, 0) is 43.8 Å². The quantitative estimate of drug-likeness (QED) is 0.261. The molecule has 12 nitrogen and oxygen atoms in total. The number of sulfone groups is 1. The van der Waals surface area contributed by atoms with Crippen molar-refractivity contribution in [3.05, 3.63) is 75.2 Å². The molecule has 1 saturated carbocycles. The molecule has 2 aromatic heterocycles. The van der Waals surface area contributed by atoms with Crippen LogP contribution >= 0.6 is 22.7 Å². The van der Waals surface area contributed by atoms with Crippen molar-refractivity contribution in [2.45, 2.75) is 62.2 Å². The molecular weight excluding hydrogens is 645 g/mol. The van der Waals surface area contributed by atoms with Crippen LogP contribution < -0.4 is 10.6 Å². The lowest BCUT2D eigenvalue weighted by atomic mass is 9.82. The number of anilines is 2. The summed E-state index contributed by atoms with van der Waals surface area (Å²) in [5, 5.41) is 25.5. The Morgan fingerprint density at radius 1 is 0.795 bits per heavy atom. The highest BCUT2D eigenvalue weighted by Gasteiger charge is 2.29. The van der Waals surface area contributed by atoms with Gasteiger partial charge in [-0.1, -0.05) is 71.1 Å². The molecule has 44 heavy (non-hydrogen) atoms. The Balaban J connectivity index is 0.00000141. The Hall–Kier alpha value is -3.73. The summed E-state index contributed by atoms with van der Waals surface area (Å²) in [5.74, 6) is 0.0503. The highest BCUT2D eigenvalue weighted by Crippen LogP contribution is 2.43. The van der Waals surface area contributed by atoms with Gasteiger partial charge in [0.1, 0.15) is 10.0 Å². The molecule has 1 aliphatic rings. The largest absolute Gasteiger partial charge is 0.335 e. The number of hydrogen-bond donors (Lipinski definition) is 2. The lowest BCUT2D eigenvalue weighted by Crippen LogP contribution is -2.14. The third kappa shape index (κ3) is 9.64. The van der Waals surface area contributed by atoms with Gasteiger partial charge in [0.15, 0.2) is 9.84 Å². The molecule has 0 unspecified atom stereocenters. The van der Waals surface area contributed by atoms with Crippen LogP contribution in [0.25, 0.3) is 0 Å². The van der Waals surface area contributed by atoms with Gasteiger partial charge in [0, 0.05) is 18.1 Å². The van der Waals surface area contributed by atoms with Crippen LogP contribution in [0.4, 0.5) is 10.3 Å². The van der Waals surface area contributed by atoms with Crippen molar-refractivity contribution in [3.63, 3.8) is 0 Å².